The van der Waals surface area contributed by atoms with Gasteiger partial charge in [0.15, 0.2) is 12.4 Å². The Hall–Kier alpha value is -10.2. The van der Waals surface area contributed by atoms with Crippen LogP contribution in [0.3, 0.4) is 0 Å². The summed E-state index contributed by atoms with van der Waals surface area (Å²) < 4.78 is 12.7. The highest BCUT2D eigenvalue weighted by atomic mass is 127. The Bertz CT molecular complexity index is 4550. The number of aromatic nitrogens is 6. The van der Waals surface area contributed by atoms with Crippen molar-refractivity contribution in [3.05, 3.63) is 359 Å². The molecular weight excluding hydrogens is 1650 g/mol. The van der Waals surface area contributed by atoms with Gasteiger partial charge in [-0.15, -0.1) is 0 Å². The summed E-state index contributed by atoms with van der Waals surface area (Å²) >= 11 is 0. The molecule has 0 spiro atoms. The summed E-state index contributed by atoms with van der Waals surface area (Å²) in [5.41, 5.74) is 33.5. The van der Waals surface area contributed by atoms with Crippen LogP contribution < -0.4 is 77.1 Å². The molecule has 0 atom stereocenters. The molecule has 0 amide bonds. The van der Waals surface area contributed by atoms with Crippen LogP contribution in [0.25, 0.3) is 33.6 Å². The van der Waals surface area contributed by atoms with Crippen LogP contribution in [0, 0.1) is 10.8 Å². The molecule has 0 radical (unpaired) electrons. The average Bonchev–Trinajstić information content (AvgIpc) is 1.47. The van der Waals surface area contributed by atoms with Gasteiger partial charge in [0.05, 0.1) is 11.4 Å². The SMILES string of the molecule is CC(C)(C)C1=C/C(=[N+]2/C=C3CCCCN3[N-]2)C2=Nc3c(cc(C(C)(C)C)cc3-[n+]3cc4[n+]([n-]3)CCCC4)C2=C1.CC(C)(C)C1=C/C(=[N+]2/C=C3CCCCN3[N-]2)C2=Nc3c(cc(C(C)(C)C)cc3-[n+]3cc4[n+]([n-]3)CCCC4)C2=C1.[I-].[I-].c1ccccc1.c1ccccc1.c1ccccc1.c1ccccc1.c1ccccc1.c1ccccc1. The van der Waals surface area contributed by atoms with Gasteiger partial charge in [0, 0.05) is 85.3 Å². The van der Waals surface area contributed by atoms with E-state index in [1.807, 2.05) is 218 Å². The Labute approximate surface area is 724 Å². The van der Waals surface area contributed by atoms with Gasteiger partial charge in [0.1, 0.15) is 35.9 Å². The fourth-order valence-electron chi connectivity index (χ4n) is 14.6. The molecule has 8 aromatic carbocycles. The summed E-state index contributed by atoms with van der Waals surface area (Å²) in [5, 5.41) is 14.4. The molecule has 20 rings (SSSR count). The lowest BCUT2D eigenvalue weighted by molar-refractivity contribution is -0.867. The first-order chi connectivity index (χ1) is 55.1. The maximum atomic E-state index is 5.39. The molecule has 116 heavy (non-hydrogen) atoms. The largest absolute Gasteiger partial charge is 1.00 e. The third kappa shape index (κ3) is 22.3. The number of allylic oxidation sites excluding steroid dienone is 10. The van der Waals surface area contributed by atoms with Crippen molar-refractivity contribution in [1.29, 1.82) is 0 Å². The van der Waals surface area contributed by atoms with E-state index in [0.717, 1.165) is 97.5 Å². The fourth-order valence-corrected chi connectivity index (χ4v) is 14.6. The van der Waals surface area contributed by atoms with Gasteiger partial charge in [-0.2, -0.15) is 19.8 Å². The van der Waals surface area contributed by atoms with E-state index in [-0.39, 0.29) is 69.6 Å². The van der Waals surface area contributed by atoms with Crippen LogP contribution in [0.2, 0.25) is 0 Å². The molecule has 8 aliphatic heterocycles. The average molecular weight is 1770 g/mol. The summed E-state index contributed by atoms with van der Waals surface area (Å²) in [4.78, 5) is 10.8. The number of rotatable bonds is 2. The molecule has 16 heteroatoms. The van der Waals surface area contributed by atoms with Crippen molar-refractivity contribution in [3.8, 4) is 11.4 Å². The lowest BCUT2D eigenvalue weighted by Crippen LogP contribution is -3.00. The normalized spacial score (nSPS) is 17.4. The predicted octanol–water partition coefficient (Wildman–Crippen LogP) is 14.7. The van der Waals surface area contributed by atoms with E-state index < -0.39 is 0 Å². The third-order valence-corrected chi connectivity index (χ3v) is 21.3. The Morgan fingerprint density at radius 1 is 0.328 bits per heavy atom. The number of aliphatic imine (C=N–C) groups is 2. The number of hydrogen-bond acceptors (Lipinski definition) is 4. The van der Waals surface area contributed by atoms with Crippen molar-refractivity contribution in [1.82, 2.24) is 20.4 Å². The van der Waals surface area contributed by atoms with E-state index >= 15 is 0 Å². The van der Waals surface area contributed by atoms with Crippen molar-refractivity contribution in [3.63, 3.8) is 0 Å². The monoisotopic (exact) mass is 1770 g/mol. The molecule has 0 unspecified atom stereocenters. The minimum Gasteiger partial charge on any atom is -1.00 e. The molecule has 2 aromatic heterocycles. The second-order valence-corrected chi connectivity index (χ2v) is 34.3. The van der Waals surface area contributed by atoms with Crippen molar-refractivity contribution < 1.29 is 76.0 Å². The number of nitrogens with zero attached hydrogens (tertiary/aromatic N) is 14. The van der Waals surface area contributed by atoms with Crippen LogP contribution in [-0.4, -0.2) is 55.3 Å². The zero-order valence-electron chi connectivity index (χ0n) is 70.0. The van der Waals surface area contributed by atoms with Crippen LogP contribution >= 0.6 is 0 Å². The van der Waals surface area contributed by atoms with Crippen molar-refractivity contribution in [2.45, 2.75) is 184 Å². The lowest BCUT2D eigenvalue weighted by atomic mass is 9.79. The topological polar surface area (TPSA) is 109 Å². The molecule has 14 nitrogen and oxygen atoms in total. The molecule has 10 heterocycles. The second-order valence-electron chi connectivity index (χ2n) is 34.3. The summed E-state index contributed by atoms with van der Waals surface area (Å²) in [6.07, 6.45) is 32.2. The first kappa shape index (κ1) is 86.7. The number of benzene rings is 8. The number of fused-ring (bicyclic) bond motifs is 10. The lowest BCUT2D eigenvalue weighted by Gasteiger charge is -2.32. The van der Waals surface area contributed by atoms with Gasteiger partial charge in [0.25, 0.3) is 0 Å². The van der Waals surface area contributed by atoms with Gasteiger partial charge in [-0.1, -0.05) is 301 Å². The first-order valence-corrected chi connectivity index (χ1v) is 41.3. The van der Waals surface area contributed by atoms with E-state index in [9.17, 15) is 0 Å². The van der Waals surface area contributed by atoms with Crippen LogP contribution in [0.4, 0.5) is 11.4 Å². The van der Waals surface area contributed by atoms with Gasteiger partial charge < -0.3 is 69.0 Å². The number of halogens is 2. The molecule has 10 aromatic rings. The summed E-state index contributed by atoms with van der Waals surface area (Å²) in [7, 11) is 0. The minimum atomic E-state index is -0.00537. The molecule has 2 saturated heterocycles. The molecule has 2 fully saturated rings. The van der Waals surface area contributed by atoms with Gasteiger partial charge in [-0.3, -0.25) is 0 Å². The van der Waals surface area contributed by atoms with E-state index in [4.69, 9.17) is 31.5 Å². The molecular formula is C100H116I2N14. The van der Waals surface area contributed by atoms with Crippen LogP contribution in [0.1, 0.15) is 181 Å². The maximum absolute atomic E-state index is 5.39. The minimum absolute atomic E-state index is 0. The van der Waals surface area contributed by atoms with Gasteiger partial charge in [-0.05, 0) is 120 Å². The van der Waals surface area contributed by atoms with Crippen molar-refractivity contribution in [2.75, 3.05) is 13.1 Å². The highest BCUT2D eigenvalue weighted by Crippen LogP contribution is 2.48. The molecule has 10 aliphatic rings. The highest BCUT2D eigenvalue weighted by Gasteiger charge is 2.42. The smallest absolute Gasteiger partial charge is 0.239 e. The third-order valence-electron chi connectivity index (χ3n) is 21.3. The number of aryl methyl sites for hydroxylation is 4. The van der Waals surface area contributed by atoms with Gasteiger partial charge in [-0.25, -0.2) is 28.7 Å². The molecule has 2 aliphatic carbocycles. The Kier molecular flexibility index (Phi) is 30.0. The van der Waals surface area contributed by atoms with Crippen LogP contribution in [0.15, 0.2) is 324 Å². The second kappa shape index (κ2) is 40.1. The molecule has 600 valence electrons. The summed E-state index contributed by atoms with van der Waals surface area (Å²) in [6, 6.07) is 81.3. The van der Waals surface area contributed by atoms with Gasteiger partial charge in [0.2, 0.25) is 46.6 Å². The summed E-state index contributed by atoms with van der Waals surface area (Å²) in [5.74, 6) is 0. The van der Waals surface area contributed by atoms with E-state index in [2.05, 4.69) is 195 Å². The Morgan fingerprint density at radius 3 is 0.871 bits per heavy atom. The zero-order chi connectivity index (χ0) is 79.7. The van der Waals surface area contributed by atoms with Crippen molar-refractivity contribution in [2.24, 2.45) is 20.8 Å². The maximum Gasteiger partial charge on any atom is 0.239 e. The Balaban J connectivity index is 0.000000157. The van der Waals surface area contributed by atoms with E-state index in [1.165, 1.54) is 119 Å². The van der Waals surface area contributed by atoms with E-state index in [0.29, 0.717) is 0 Å². The van der Waals surface area contributed by atoms with Crippen LogP contribution in [0.5, 0.6) is 0 Å². The number of piperidine rings is 2. The molecule has 0 bridgehead atoms. The van der Waals surface area contributed by atoms with Gasteiger partial charge >= 0.3 is 0 Å². The van der Waals surface area contributed by atoms with Crippen LogP contribution in [-0.2, 0) is 36.8 Å². The quantitative estimate of drug-likeness (QED) is 0.0975. The highest BCUT2D eigenvalue weighted by molar-refractivity contribution is 6.63. The predicted molar refractivity (Wildman–Crippen MR) is 465 cm³/mol. The molecule has 0 saturated carbocycles. The fraction of sp³-hybridized carbons (Fsp3) is 0.320. The standard InChI is InChI=1S/2C32H40N7.6C6H6.2HI/c2*1-31(2,3)21-15-25-26-16-22(32(4,5)6)18-28(39-20-24-12-8-10-14-37(24)35-39)30(26)33-29(25)27(17-21)38-19-23-11-7-9-13-36(23)34-38;6*1-2-4-6-5-3-1;;/h2*15-20H,7-14H2,1-6H3;6*1-6H;2*1H/q2*+1;;;;;;;;/p-2/b2*38-27+;;;;;;;;. The summed E-state index contributed by atoms with van der Waals surface area (Å²) in [6.45, 7) is 31.4. The first-order valence-electron chi connectivity index (χ1n) is 41.3. The Morgan fingerprint density at radius 2 is 0.612 bits per heavy atom. The zero-order valence-corrected chi connectivity index (χ0v) is 74.4. The van der Waals surface area contributed by atoms with E-state index in [1.54, 1.807) is 0 Å². The molecule has 0 N–H and O–H groups in total. The number of hydrogen-bond donors (Lipinski definition) is 0. The van der Waals surface area contributed by atoms with Crippen molar-refractivity contribution >= 4 is 45.4 Å².